The molecule has 0 bridgehead atoms. The molecule has 5 rings (SSSR count). The van der Waals surface area contributed by atoms with E-state index in [0.29, 0.717) is 0 Å². The summed E-state index contributed by atoms with van der Waals surface area (Å²) < 4.78 is 2.01. The van der Waals surface area contributed by atoms with Gasteiger partial charge in [-0.05, 0) is 42.5 Å². The summed E-state index contributed by atoms with van der Waals surface area (Å²) in [6.45, 7) is 0. The highest BCUT2D eigenvalue weighted by Gasteiger charge is 2.08. The predicted octanol–water partition coefficient (Wildman–Crippen LogP) is 3.74. The highest BCUT2D eigenvalue weighted by molar-refractivity contribution is 5.80. The van der Waals surface area contributed by atoms with E-state index >= 15 is 0 Å². The molecular weight excluding hydrogens is 298 g/mol. The number of aromatic nitrogens is 5. The standard InChI is InChI=1S/C19H12N5/c1-2-7-20-16(3-1)14-4-5-18-23-17(12-24(18)11-14)15-9-13-6-8-21-19(13)22-10-15/h2-12H,(H,21,22). The average Bonchev–Trinajstić information content (AvgIpc) is 3.27. The fourth-order valence-corrected chi connectivity index (χ4v) is 2.85. The van der Waals surface area contributed by atoms with Crippen molar-refractivity contribution in [2.75, 3.05) is 0 Å². The molecule has 24 heavy (non-hydrogen) atoms. The van der Waals surface area contributed by atoms with Crippen LogP contribution in [0.4, 0.5) is 0 Å². The highest BCUT2D eigenvalue weighted by atomic mass is 15.0. The van der Waals surface area contributed by atoms with Gasteiger partial charge in [0.25, 0.3) is 0 Å². The van der Waals surface area contributed by atoms with Gasteiger partial charge in [-0.3, -0.25) is 4.98 Å². The number of pyridine rings is 3. The summed E-state index contributed by atoms with van der Waals surface area (Å²) >= 11 is 0. The third kappa shape index (κ3) is 2.06. The maximum Gasteiger partial charge on any atom is 0.137 e. The van der Waals surface area contributed by atoms with E-state index in [0.717, 1.165) is 39.2 Å². The first-order valence-electron chi connectivity index (χ1n) is 7.61. The third-order valence-corrected chi connectivity index (χ3v) is 4.05. The number of imidazole rings is 1. The van der Waals surface area contributed by atoms with Crippen LogP contribution in [0.3, 0.4) is 0 Å². The van der Waals surface area contributed by atoms with Crippen molar-refractivity contribution >= 4 is 16.7 Å². The summed E-state index contributed by atoms with van der Waals surface area (Å²) in [4.78, 5) is 16.6. The Morgan fingerprint density at radius 3 is 2.92 bits per heavy atom. The van der Waals surface area contributed by atoms with Crippen molar-refractivity contribution in [3.63, 3.8) is 0 Å². The van der Waals surface area contributed by atoms with Gasteiger partial charge in [0.2, 0.25) is 0 Å². The SMILES string of the molecule is [c]1ccnc(-c2ccc3nc(-c4cnc5[nH]ccc5c4)cn3c2)c1. The zero-order chi connectivity index (χ0) is 15.9. The molecule has 0 aliphatic heterocycles. The summed E-state index contributed by atoms with van der Waals surface area (Å²) in [5.41, 5.74) is 5.60. The topological polar surface area (TPSA) is 58.9 Å². The van der Waals surface area contributed by atoms with Gasteiger partial charge in [-0.2, -0.15) is 0 Å². The van der Waals surface area contributed by atoms with Crippen LogP contribution in [-0.2, 0) is 0 Å². The fourth-order valence-electron chi connectivity index (χ4n) is 2.85. The fraction of sp³-hybridized carbons (Fsp3) is 0. The van der Waals surface area contributed by atoms with Crippen molar-refractivity contribution in [3.05, 3.63) is 73.4 Å². The van der Waals surface area contributed by atoms with Crippen LogP contribution in [0.1, 0.15) is 0 Å². The van der Waals surface area contributed by atoms with Crippen molar-refractivity contribution in [1.82, 2.24) is 24.3 Å². The molecule has 0 aliphatic carbocycles. The molecule has 0 unspecified atom stereocenters. The lowest BCUT2D eigenvalue weighted by molar-refractivity contribution is 1.18. The second-order valence-corrected chi connectivity index (χ2v) is 5.59. The van der Waals surface area contributed by atoms with E-state index in [1.165, 1.54) is 0 Å². The minimum Gasteiger partial charge on any atom is -0.346 e. The number of H-pyrrole nitrogens is 1. The van der Waals surface area contributed by atoms with Gasteiger partial charge in [-0.15, -0.1) is 0 Å². The zero-order valence-corrected chi connectivity index (χ0v) is 12.6. The molecule has 0 spiro atoms. The number of nitrogens with zero attached hydrogens (tertiary/aromatic N) is 4. The Hall–Kier alpha value is -3.47. The third-order valence-electron chi connectivity index (χ3n) is 4.05. The van der Waals surface area contributed by atoms with Crippen molar-refractivity contribution in [2.45, 2.75) is 0 Å². The second kappa shape index (κ2) is 5.03. The monoisotopic (exact) mass is 310 g/mol. The maximum atomic E-state index is 4.69. The van der Waals surface area contributed by atoms with Crippen LogP contribution < -0.4 is 0 Å². The molecule has 0 aromatic carbocycles. The lowest BCUT2D eigenvalue weighted by Gasteiger charge is -2.00. The zero-order valence-electron chi connectivity index (χ0n) is 12.6. The van der Waals surface area contributed by atoms with Gasteiger partial charge in [0.1, 0.15) is 11.3 Å². The molecule has 113 valence electrons. The molecule has 5 aromatic heterocycles. The highest BCUT2D eigenvalue weighted by Crippen LogP contribution is 2.24. The van der Waals surface area contributed by atoms with Crippen molar-refractivity contribution in [3.8, 4) is 22.5 Å². The van der Waals surface area contributed by atoms with Gasteiger partial charge in [-0.25, -0.2) is 9.97 Å². The van der Waals surface area contributed by atoms with Gasteiger partial charge in [0.15, 0.2) is 0 Å². The first-order valence-corrected chi connectivity index (χ1v) is 7.61. The average molecular weight is 310 g/mol. The van der Waals surface area contributed by atoms with Gasteiger partial charge in [0.05, 0.1) is 11.4 Å². The number of nitrogens with one attached hydrogen (secondary N) is 1. The van der Waals surface area contributed by atoms with Gasteiger partial charge < -0.3 is 9.38 Å². The van der Waals surface area contributed by atoms with Crippen molar-refractivity contribution in [2.24, 2.45) is 0 Å². The number of hydrogen-bond acceptors (Lipinski definition) is 3. The van der Waals surface area contributed by atoms with Gasteiger partial charge in [0, 0.05) is 47.5 Å². The largest absolute Gasteiger partial charge is 0.346 e. The molecule has 0 saturated carbocycles. The second-order valence-electron chi connectivity index (χ2n) is 5.59. The molecule has 1 radical (unpaired) electrons. The molecule has 0 saturated heterocycles. The molecule has 1 N–H and O–H groups in total. The summed E-state index contributed by atoms with van der Waals surface area (Å²) in [5, 5.41) is 1.08. The first kappa shape index (κ1) is 13.0. The van der Waals surface area contributed by atoms with Crippen LogP contribution in [0.2, 0.25) is 0 Å². The van der Waals surface area contributed by atoms with E-state index in [1.54, 1.807) is 12.3 Å². The summed E-state index contributed by atoms with van der Waals surface area (Å²) in [7, 11) is 0. The molecular formula is C19H12N5. The smallest absolute Gasteiger partial charge is 0.137 e. The molecule has 0 aliphatic rings. The molecule has 0 amide bonds. The Morgan fingerprint density at radius 1 is 1.00 bits per heavy atom. The van der Waals surface area contributed by atoms with E-state index in [4.69, 9.17) is 4.98 Å². The molecule has 5 nitrogen and oxygen atoms in total. The summed E-state index contributed by atoms with van der Waals surface area (Å²) in [5.74, 6) is 0. The van der Waals surface area contributed by atoms with E-state index in [1.807, 2.05) is 53.5 Å². The van der Waals surface area contributed by atoms with Crippen molar-refractivity contribution in [1.29, 1.82) is 0 Å². The Kier molecular flexibility index (Phi) is 2.72. The Labute approximate surface area is 137 Å². The van der Waals surface area contributed by atoms with E-state index in [-0.39, 0.29) is 0 Å². The first-order chi connectivity index (χ1) is 11.9. The number of rotatable bonds is 2. The molecule has 0 atom stereocenters. The quantitative estimate of drug-likeness (QED) is 0.540. The Bertz CT molecular complexity index is 1150. The van der Waals surface area contributed by atoms with Gasteiger partial charge in [-0.1, -0.05) is 0 Å². The molecule has 5 heterocycles. The Morgan fingerprint density at radius 2 is 2.00 bits per heavy atom. The lowest BCUT2D eigenvalue weighted by Crippen LogP contribution is -1.87. The minimum atomic E-state index is 0.885. The van der Waals surface area contributed by atoms with E-state index < -0.39 is 0 Å². The van der Waals surface area contributed by atoms with Crippen LogP contribution in [-0.4, -0.2) is 24.3 Å². The van der Waals surface area contributed by atoms with Crippen LogP contribution >= 0.6 is 0 Å². The van der Waals surface area contributed by atoms with Crippen LogP contribution in [0.5, 0.6) is 0 Å². The number of hydrogen-bond donors (Lipinski definition) is 1. The number of aromatic amines is 1. The summed E-state index contributed by atoms with van der Waals surface area (Å²) in [6, 6.07) is 14.8. The van der Waals surface area contributed by atoms with Crippen LogP contribution in [0.25, 0.3) is 39.2 Å². The van der Waals surface area contributed by atoms with Crippen molar-refractivity contribution < 1.29 is 0 Å². The minimum absolute atomic E-state index is 0.885. The predicted molar refractivity (Wildman–Crippen MR) is 92.3 cm³/mol. The molecule has 5 heteroatoms. The van der Waals surface area contributed by atoms with E-state index in [2.05, 4.69) is 27.1 Å². The van der Waals surface area contributed by atoms with Gasteiger partial charge >= 0.3 is 0 Å². The van der Waals surface area contributed by atoms with Crippen LogP contribution in [0, 0.1) is 6.07 Å². The number of fused-ring (bicyclic) bond motifs is 2. The Balaban J connectivity index is 1.62. The normalized spacial score (nSPS) is 11.3. The lowest BCUT2D eigenvalue weighted by atomic mass is 10.2. The van der Waals surface area contributed by atoms with E-state index in [9.17, 15) is 0 Å². The molecule has 5 aromatic rings. The van der Waals surface area contributed by atoms with Crippen LogP contribution in [0.15, 0.2) is 67.4 Å². The maximum absolute atomic E-state index is 4.69. The molecule has 0 fully saturated rings. The summed E-state index contributed by atoms with van der Waals surface area (Å²) in [6.07, 6.45) is 9.53.